The van der Waals surface area contributed by atoms with E-state index < -0.39 is 0 Å². The quantitative estimate of drug-likeness (QED) is 0.388. The van der Waals surface area contributed by atoms with Crippen molar-refractivity contribution in [2.75, 3.05) is 10.2 Å². The van der Waals surface area contributed by atoms with Crippen LogP contribution >= 0.6 is 34.4 Å². The lowest BCUT2D eigenvalue weighted by atomic mass is 10.1. The molecule has 3 rings (SSSR count). The molecule has 2 aromatic rings. The summed E-state index contributed by atoms with van der Waals surface area (Å²) in [6.07, 6.45) is 0. The first-order valence-corrected chi connectivity index (χ1v) is 9.20. The van der Waals surface area contributed by atoms with Gasteiger partial charge in [-0.15, -0.1) is 11.8 Å². The zero-order chi connectivity index (χ0) is 13.1. The molecule has 19 heavy (non-hydrogen) atoms. The molecular weight excluding hydrogens is 363 g/mol. The number of halogens is 1. The Morgan fingerprint density at radius 3 is 2.11 bits per heavy atom. The predicted molar refractivity (Wildman–Crippen MR) is 92.2 cm³/mol. The van der Waals surface area contributed by atoms with E-state index in [1.165, 1.54) is 20.6 Å². The van der Waals surface area contributed by atoms with Gasteiger partial charge in [-0.25, -0.2) is 0 Å². The van der Waals surface area contributed by atoms with E-state index in [2.05, 4.69) is 83.3 Å². The summed E-state index contributed by atoms with van der Waals surface area (Å²) in [5, 5.41) is 0. The molecule has 1 aliphatic rings. The van der Waals surface area contributed by atoms with Gasteiger partial charge in [0.2, 0.25) is 0 Å². The van der Waals surface area contributed by atoms with E-state index in [4.69, 9.17) is 0 Å². The fraction of sp³-hybridized carbons (Fsp3) is 0.294. The van der Waals surface area contributed by atoms with E-state index >= 15 is 0 Å². The van der Waals surface area contributed by atoms with E-state index in [0.29, 0.717) is 0 Å². The van der Waals surface area contributed by atoms with E-state index in [-0.39, 0.29) is 0 Å². The molecule has 0 radical (unpaired) electrons. The third-order valence-corrected chi connectivity index (χ3v) is 6.05. The Balaban J connectivity index is 1.63. The normalized spacial score (nSPS) is 25.2. The number of benzene rings is 2. The molecule has 0 bridgehead atoms. The predicted octanol–water partition coefficient (Wildman–Crippen LogP) is 5.24. The Morgan fingerprint density at radius 1 is 0.842 bits per heavy atom. The van der Waals surface area contributed by atoms with Gasteiger partial charge in [0.15, 0.2) is 0 Å². The number of alkyl halides is 1. The van der Waals surface area contributed by atoms with Crippen LogP contribution in [-0.4, -0.2) is 10.2 Å². The van der Waals surface area contributed by atoms with Crippen LogP contribution < -0.4 is 0 Å². The summed E-state index contributed by atoms with van der Waals surface area (Å²) in [5.41, 5.74) is 1.53. The highest BCUT2D eigenvalue weighted by Crippen LogP contribution is 2.56. The fourth-order valence-corrected chi connectivity index (χ4v) is 5.15. The van der Waals surface area contributed by atoms with Crippen molar-refractivity contribution in [3.8, 4) is 0 Å². The van der Waals surface area contributed by atoms with Crippen LogP contribution in [0.1, 0.15) is 11.5 Å². The highest BCUT2D eigenvalue weighted by molar-refractivity contribution is 14.1. The molecule has 0 aromatic heterocycles. The van der Waals surface area contributed by atoms with Crippen molar-refractivity contribution < 1.29 is 0 Å². The largest absolute Gasteiger partial charge is 0.126 e. The van der Waals surface area contributed by atoms with Gasteiger partial charge in [-0.2, -0.15) is 0 Å². The van der Waals surface area contributed by atoms with Gasteiger partial charge in [-0.05, 0) is 35.4 Å². The molecule has 0 nitrogen and oxygen atoms in total. The molecule has 1 saturated carbocycles. The lowest BCUT2D eigenvalue weighted by molar-refractivity contribution is 0.866. The van der Waals surface area contributed by atoms with Crippen molar-refractivity contribution in [1.29, 1.82) is 0 Å². The highest BCUT2D eigenvalue weighted by atomic mass is 127. The molecule has 0 N–H and O–H groups in total. The molecule has 2 heteroatoms. The van der Waals surface area contributed by atoms with Gasteiger partial charge in [0.25, 0.3) is 0 Å². The Bertz CT molecular complexity index is 511. The van der Waals surface area contributed by atoms with Gasteiger partial charge in [0.1, 0.15) is 0 Å². The maximum Gasteiger partial charge on any atom is 0.00720 e. The molecule has 0 saturated heterocycles. The monoisotopic (exact) mass is 380 g/mol. The summed E-state index contributed by atoms with van der Waals surface area (Å²) in [4.78, 5) is 1.40. The standard InChI is InChI=1S/C17H17IS/c18-11-15-16(12-19-14-9-5-2-6-10-14)17(15)13-7-3-1-4-8-13/h1-10,15-17H,11-12H2/t15-,16+,17+/m1/s1. The van der Waals surface area contributed by atoms with Crippen molar-refractivity contribution in [3.63, 3.8) is 0 Å². The highest BCUT2D eigenvalue weighted by Gasteiger charge is 2.49. The van der Waals surface area contributed by atoms with Crippen LogP contribution in [0.15, 0.2) is 65.6 Å². The van der Waals surface area contributed by atoms with Crippen molar-refractivity contribution in [2.45, 2.75) is 10.8 Å². The summed E-state index contributed by atoms with van der Waals surface area (Å²) < 4.78 is 1.28. The van der Waals surface area contributed by atoms with Gasteiger partial charge in [-0.3, -0.25) is 0 Å². The SMILES string of the molecule is IC[C@@H]1[C@H](CSc2ccccc2)[C@H]1c1ccccc1. The Kier molecular flexibility index (Phi) is 4.49. The number of hydrogen-bond donors (Lipinski definition) is 0. The molecule has 2 aromatic carbocycles. The molecule has 1 fully saturated rings. The minimum atomic E-state index is 0.786. The molecule has 0 aliphatic heterocycles. The number of hydrogen-bond acceptors (Lipinski definition) is 1. The minimum Gasteiger partial charge on any atom is -0.126 e. The van der Waals surface area contributed by atoms with Gasteiger partial charge in [0.05, 0.1) is 0 Å². The van der Waals surface area contributed by atoms with Gasteiger partial charge in [0, 0.05) is 15.1 Å². The topological polar surface area (TPSA) is 0 Å². The molecule has 1 aliphatic carbocycles. The zero-order valence-electron chi connectivity index (χ0n) is 10.7. The number of thioether (sulfide) groups is 1. The summed E-state index contributed by atoms with van der Waals surface area (Å²) in [7, 11) is 0. The molecule has 3 atom stereocenters. The van der Waals surface area contributed by atoms with Crippen LogP contribution in [0.3, 0.4) is 0 Å². The molecule has 0 heterocycles. The maximum absolute atomic E-state index is 2.54. The second kappa shape index (κ2) is 6.31. The average Bonchev–Trinajstić information content (AvgIpc) is 3.20. The van der Waals surface area contributed by atoms with Gasteiger partial charge in [-0.1, -0.05) is 71.1 Å². The Hall–Kier alpha value is -0.480. The summed E-state index contributed by atoms with van der Waals surface area (Å²) in [6, 6.07) is 21.8. The van der Waals surface area contributed by atoms with Crippen LogP contribution in [0.5, 0.6) is 0 Å². The van der Waals surface area contributed by atoms with Crippen LogP contribution in [0, 0.1) is 11.8 Å². The first kappa shape index (κ1) is 13.5. The molecule has 0 unspecified atom stereocenters. The average molecular weight is 380 g/mol. The third kappa shape index (κ3) is 3.16. The van der Waals surface area contributed by atoms with Crippen molar-refractivity contribution in [3.05, 3.63) is 66.2 Å². The zero-order valence-corrected chi connectivity index (χ0v) is 13.7. The molecule has 0 amide bonds. The summed E-state index contributed by atoms with van der Waals surface area (Å²) >= 11 is 4.55. The van der Waals surface area contributed by atoms with Crippen molar-refractivity contribution >= 4 is 34.4 Å². The Morgan fingerprint density at radius 2 is 1.47 bits per heavy atom. The van der Waals surface area contributed by atoms with Crippen LogP contribution in [0.25, 0.3) is 0 Å². The van der Waals surface area contributed by atoms with Crippen molar-refractivity contribution in [1.82, 2.24) is 0 Å². The van der Waals surface area contributed by atoms with Crippen molar-refractivity contribution in [2.24, 2.45) is 11.8 Å². The van der Waals surface area contributed by atoms with Crippen LogP contribution in [0.4, 0.5) is 0 Å². The minimum absolute atomic E-state index is 0.786. The second-order valence-electron chi connectivity index (χ2n) is 5.04. The molecular formula is C17H17IS. The summed E-state index contributed by atoms with van der Waals surface area (Å²) in [5.74, 6) is 3.76. The smallest absolute Gasteiger partial charge is 0.00720 e. The molecule has 0 spiro atoms. The molecule has 98 valence electrons. The second-order valence-corrected chi connectivity index (χ2v) is 7.02. The third-order valence-electron chi connectivity index (χ3n) is 3.88. The fourth-order valence-electron chi connectivity index (χ4n) is 2.76. The van der Waals surface area contributed by atoms with Gasteiger partial charge < -0.3 is 0 Å². The van der Waals surface area contributed by atoms with E-state index in [1.54, 1.807) is 0 Å². The Labute approximate surface area is 133 Å². The van der Waals surface area contributed by atoms with E-state index in [9.17, 15) is 0 Å². The van der Waals surface area contributed by atoms with E-state index in [1.807, 2.05) is 11.8 Å². The first-order chi connectivity index (χ1) is 9.40. The maximum atomic E-state index is 2.54. The van der Waals surface area contributed by atoms with Crippen LogP contribution in [0.2, 0.25) is 0 Å². The first-order valence-electron chi connectivity index (χ1n) is 6.69. The lowest BCUT2D eigenvalue weighted by Crippen LogP contribution is -1.87. The van der Waals surface area contributed by atoms with E-state index in [0.717, 1.165) is 17.8 Å². The van der Waals surface area contributed by atoms with Crippen LogP contribution in [-0.2, 0) is 0 Å². The van der Waals surface area contributed by atoms with Gasteiger partial charge >= 0.3 is 0 Å². The number of rotatable bonds is 5. The lowest BCUT2D eigenvalue weighted by Gasteiger charge is -2.01. The summed E-state index contributed by atoms with van der Waals surface area (Å²) in [6.45, 7) is 0.